The quantitative estimate of drug-likeness (QED) is 0.874. The largest absolute Gasteiger partial charge is 0.338 e. The number of piperazine rings is 1. The van der Waals surface area contributed by atoms with Crippen LogP contribution >= 0.6 is 0 Å². The Bertz CT molecular complexity index is 814. The van der Waals surface area contributed by atoms with Gasteiger partial charge in [-0.05, 0) is 36.6 Å². The summed E-state index contributed by atoms with van der Waals surface area (Å²) in [5, 5.41) is 3.38. The Morgan fingerprint density at radius 1 is 1.07 bits per heavy atom. The number of likely N-dealkylation sites (tertiary alicyclic amines) is 1. The second-order valence-corrected chi connectivity index (χ2v) is 7.36. The second kappa shape index (κ2) is 8.48. The summed E-state index contributed by atoms with van der Waals surface area (Å²) < 4.78 is 0. The molecule has 28 heavy (non-hydrogen) atoms. The molecule has 0 bridgehead atoms. The zero-order valence-electron chi connectivity index (χ0n) is 15.8. The molecule has 0 aliphatic carbocycles. The van der Waals surface area contributed by atoms with Crippen LogP contribution in [0, 0.1) is 5.92 Å². The summed E-state index contributed by atoms with van der Waals surface area (Å²) in [4.78, 5) is 38.1. The van der Waals surface area contributed by atoms with Crippen LogP contribution in [-0.2, 0) is 4.79 Å². The van der Waals surface area contributed by atoms with Crippen LogP contribution in [-0.4, -0.2) is 64.3 Å². The second-order valence-electron chi connectivity index (χ2n) is 7.36. The van der Waals surface area contributed by atoms with E-state index in [9.17, 15) is 9.59 Å². The molecule has 2 atom stereocenters. The highest BCUT2D eigenvalue weighted by Crippen LogP contribution is 2.27. The molecule has 146 valence electrons. The van der Waals surface area contributed by atoms with Gasteiger partial charge in [-0.3, -0.25) is 19.6 Å². The van der Waals surface area contributed by atoms with Crippen molar-refractivity contribution >= 4 is 11.8 Å². The van der Waals surface area contributed by atoms with Gasteiger partial charge in [-0.25, -0.2) is 0 Å². The van der Waals surface area contributed by atoms with E-state index in [2.05, 4.69) is 15.3 Å². The van der Waals surface area contributed by atoms with E-state index in [0.29, 0.717) is 25.2 Å². The number of nitrogens with zero attached hydrogens (tertiary/aromatic N) is 4. The van der Waals surface area contributed by atoms with Crippen LogP contribution in [0.4, 0.5) is 0 Å². The van der Waals surface area contributed by atoms with Crippen LogP contribution in [0.5, 0.6) is 0 Å². The fraction of sp³-hybridized carbons (Fsp3) is 0.429. The minimum Gasteiger partial charge on any atom is -0.338 e. The number of rotatable bonds is 3. The summed E-state index contributed by atoms with van der Waals surface area (Å²) >= 11 is 0. The van der Waals surface area contributed by atoms with Crippen LogP contribution in [0.2, 0.25) is 0 Å². The molecule has 0 aromatic carbocycles. The van der Waals surface area contributed by atoms with Crippen molar-refractivity contribution < 1.29 is 9.59 Å². The molecule has 0 saturated carbocycles. The van der Waals surface area contributed by atoms with Gasteiger partial charge in [0, 0.05) is 63.1 Å². The van der Waals surface area contributed by atoms with Gasteiger partial charge in [0.25, 0.3) is 5.91 Å². The molecular weight excluding hydrogens is 354 g/mol. The maximum Gasteiger partial charge on any atom is 0.253 e. The van der Waals surface area contributed by atoms with Crippen molar-refractivity contribution in [2.75, 3.05) is 32.7 Å². The highest BCUT2D eigenvalue weighted by Gasteiger charge is 2.35. The normalized spacial score (nSPS) is 22.7. The van der Waals surface area contributed by atoms with E-state index in [-0.39, 0.29) is 23.8 Å². The molecule has 4 rings (SSSR count). The van der Waals surface area contributed by atoms with Crippen molar-refractivity contribution in [2.45, 2.75) is 18.9 Å². The fourth-order valence-electron chi connectivity index (χ4n) is 4.11. The average Bonchev–Trinajstić information content (AvgIpc) is 2.79. The number of hydrogen-bond acceptors (Lipinski definition) is 5. The van der Waals surface area contributed by atoms with Gasteiger partial charge in [0.2, 0.25) is 5.91 Å². The van der Waals surface area contributed by atoms with Crippen molar-refractivity contribution in [1.29, 1.82) is 0 Å². The molecule has 2 fully saturated rings. The van der Waals surface area contributed by atoms with E-state index in [1.165, 1.54) is 0 Å². The highest BCUT2D eigenvalue weighted by atomic mass is 16.2. The molecule has 2 aromatic heterocycles. The van der Waals surface area contributed by atoms with Crippen molar-refractivity contribution in [3.8, 4) is 0 Å². The molecule has 2 saturated heterocycles. The smallest absolute Gasteiger partial charge is 0.253 e. The van der Waals surface area contributed by atoms with Crippen LogP contribution in [0.3, 0.4) is 0 Å². The molecule has 0 spiro atoms. The first-order chi connectivity index (χ1) is 13.7. The van der Waals surface area contributed by atoms with Gasteiger partial charge in [0.15, 0.2) is 0 Å². The van der Waals surface area contributed by atoms with Gasteiger partial charge in [0.05, 0.1) is 12.0 Å². The van der Waals surface area contributed by atoms with Gasteiger partial charge in [0.1, 0.15) is 0 Å². The summed E-state index contributed by atoms with van der Waals surface area (Å²) in [6, 6.07) is 7.36. The maximum absolute atomic E-state index is 13.4. The lowest BCUT2D eigenvalue weighted by Gasteiger charge is -2.40. The molecule has 1 N–H and O–H groups in total. The number of nitrogens with one attached hydrogen (secondary N) is 1. The molecule has 7 nitrogen and oxygen atoms in total. The van der Waals surface area contributed by atoms with E-state index < -0.39 is 0 Å². The average molecular weight is 379 g/mol. The minimum atomic E-state index is -0.156. The standard InChI is InChI=1S/C21H25N5O2/c27-20(16-5-8-22-9-6-16)25-11-2-4-18(15-25)21(28)26-12-10-24-14-19(26)17-3-1-7-23-13-17/h1,3,5-9,13,18-19,24H,2,4,10-12,14-15H2. The van der Waals surface area contributed by atoms with Gasteiger partial charge in [-0.1, -0.05) is 6.07 Å². The fourth-order valence-corrected chi connectivity index (χ4v) is 4.11. The summed E-state index contributed by atoms with van der Waals surface area (Å²) in [5.74, 6) is -0.0385. The Morgan fingerprint density at radius 2 is 1.93 bits per heavy atom. The van der Waals surface area contributed by atoms with Crippen molar-refractivity contribution in [3.05, 3.63) is 60.2 Å². The number of aromatic nitrogens is 2. The van der Waals surface area contributed by atoms with E-state index in [4.69, 9.17) is 0 Å². The Kier molecular flexibility index (Phi) is 5.62. The lowest BCUT2D eigenvalue weighted by Crippen LogP contribution is -2.53. The number of piperidine rings is 1. The number of carbonyl (C=O) groups excluding carboxylic acids is 2. The summed E-state index contributed by atoms with van der Waals surface area (Å²) in [5.41, 5.74) is 1.67. The number of carbonyl (C=O) groups is 2. The molecule has 7 heteroatoms. The highest BCUT2D eigenvalue weighted by molar-refractivity contribution is 5.94. The summed E-state index contributed by atoms with van der Waals surface area (Å²) in [7, 11) is 0. The first-order valence-corrected chi connectivity index (χ1v) is 9.84. The molecule has 2 aliphatic heterocycles. The van der Waals surface area contributed by atoms with E-state index in [1.807, 2.05) is 28.1 Å². The molecule has 2 aromatic rings. The topological polar surface area (TPSA) is 78.4 Å². The third kappa shape index (κ3) is 3.89. The van der Waals surface area contributed by atoms with Crippen LogP contribution in [0.25, 0.3) is 0 Å². The van der Waals surface area contributed by atoms with E-state index >= 15 is 0 Å². The minimum absolute atomic E-state index is 0.0128. The van der Waals surface area contributed by atoms with E-state index in [0.717, 1.165) is 31.5 Å². The molecule has 0 radical (unpaired) electrons. The SMILES string of the molecule is O=C(c1ccncc1)N1CCCC(C(=O)N2CCNCC2c2cccnc2)C1. The summed E-state index contributed by atoms with van der Waals surface area (Å²) in [6.45, 7) is 3.36. The summed E-state index contributed by atoms with van der Waals surface area (Å²) in [6.07, 6.45) is 8.49. The van der Waals surface area contributed by atoms with Crippen LogP contribution in [0.1, 0.15) is 34.8 Å². The Hall–Kier alpha value is -2.80. The zero-order chi connectivity index (χ0) is 19.3. The molecular formula is C21H25N5O2. The van der Waals surface area contributed by atoms with Crippen molar-refractivity contribution in [1.82, 2.24) is 25.1 Å². The third-order valence-electron chi connectivity index (χ3n) is 5.58. The van der Waals surface area contributed by atoms with Crippen molar-refractivity contribution in [2.24, 2.45) is 5.92 Å². The van der Waals surface area contributed by atoms with Crippen LogP contribution in [0.15, 0.2) is 49.1 Å². The van der Waals surface area contributed by atoms with Gasteiger partial charge < -0.3 is 15.1 Å². The van der Waals surface area contributed by atoms with Gasteiger partial charge in [-0.2, -0.15) is 0 Å². The lowest BCUT2D eigenvalue weighted by molar-refractivity contribution is -0.140. The van der Waals surface area contributed by atoms with Gasteiger partial charge in [-0.15, -0.1) is 0 Å². The van der Waals surface area contributed by atoms with Crippen LogP contribution < -0.4 is 5.32 Å². The lowest BCUT2D eigenvalue weighted by atomic mass is 9.94. The molecule has 2 unspecified atom stereocenters. The van der Waals surface area contributed by atoms with Crippen molar-refractivity contribution in [3.63, 3.8) is 0 Å². The molecule has 2 aliphatic rings. The Labute approximate surface area is 164 Å². The number of amides is 2. The predicted molar refractivity (Wildman–Crippen MR) is 104 cm³/mol. The maximum atomic E-state index is 13.4. The van der Waals surface area contributed by atoms with Gasteiger partial charge >= 0.3 is 0 Å². The molecule has 4 heterocycles. The predicted octanol–water partition coefficient (Wildman–Crippen LogP) is 1.50. The Balaban J connectivity index is 1.48. The van der Waals surface area contributed by atoms with E-state index in [1.54, 1.807) is 30.7 Å². The number of pyridine rings is 2. The Morgan fingerprint density at radius 3 is 2.71 bits per heavy atom. The monoisotopic (exact) mass is 379 g/mol. The number of hydrogen-bond donors (Lipinski definition) is 1. The first-order valence-electron chi connectivity index (χ1n) is 9.84. The third-order valence-corrected chi connectivity index (χ3v) is 5.58. The first kappa shape index (κ1) is 18.6. The molecule has 2 amide bonds. The zero-order valence-corrected chi connectivity index (χ0v) is 15.8.